The Kier molecular flexibility index (Phi) is 3.98. The fourth-order valence-corrected chi connectivity index (χ4v) is 3.04. The van der Waals surface area contributed by atoms with Crippen LogP contribution in [0.15, 0.2) is 53.6 Å². The van der Waals surface area contributed by atoms with Gasteiger partial charge in [-0.2, -0.15) is 5.10 Å². The summed E-state index contributed by atoms with van der Waals surface area (Å²) in [7, 11) is 0. The van der Waals surface area contributed by atoms with Crippen molar-refractivity contribution >= 4 is 33.0 Å². The van der Waals surface area contributed by atoms with Gasteiger partial charge in [0.25, 0.3) is 5.91 Å². The number of benzene rings is 1. The van der Waals surface area contributed by atoms with Crippen molar-refractivity contribution in [3.05, 3.63) is 64.8 Å². The number of carbonyl (C=O) groups is 1. The number of thiophene rings is 1. The van der Waals surface area contributed by atoms with Crippen LogP contribution in [0.1, 0.15) is 28.0 Å². The van der Waals surface area contributed by atoms with E-state index in [9.17, 15) is 4.79 Å². The molecule has 0 saturated heterocycles. The van der Waals surface area contributed by atoms with E-state index in [-0.39, 0.29) is 5.91 Å². The maximum absolute atomic E-state index is 12.2. The third-order valence-electron chi connectivity index (χ3n) is 3.23. The van der Waals surface area contributed by atoms with Crippen molar-refractivity contribution < 1.29 is 4.79 Å². The Hall–Kier alpha value is -2.53. The third kappa shape index (κ3) is 3.04. The molecule has 3 aromatic rings. The van der Waals surface area contributed by atoms with Crippen molar-refractivity contribution in [2.24, 2.45) is 5.10 Å². The van der Waals surface area contributed by atoms with Gasteiger partial charge >= 0.3 is 0 Å². The molecule has 22 heavy (non-hydrogen) atoms. The number of nitrogens with one attached hydrogen (secondary N) is 1. The van der Waals surface area contributed by atoms with E-state index in [4.69, 9.17) is 0 Å². The molecule has 1 N–H and O–H groups in total. The van der Waals surface area contributed by atoms with Crippen LogP contribution in [0.2, 0.25) is 0 Å². The Morgan fingerprint density at radius 2 is 2.00 bits per heavy atom. The molecular formula is C17H15N3OS. The van der Waals surface area contributed by atoms with Crippen molar-refractivity contribution in [1.82, 2.24) is 10.4 Å². The smallest absolute Gasteiger partial charge is 0.266 e. The van der Waals surface area contributed by atoms with Crippen molar-refractivity contribution in [2.45, 2.75) is 13.8 Å². The number of carbonyl (C=O) groups excluding carboxylic acids is 1. The maximum Gasteiger partial charge on any atom is 0.281 e. The second kappa shape index (κ2) is 6.07. The molecule has 2 heterocycles. The summed E-state index contributed by atoms with van der Waals surface area (Å²) < 4.78 is 1.09. The lowest BCUT2D eigenvalue weighted by atomic mass is 10.2. The summed E-state index contributed by atoms with van der Waals surface area (Å²) in [5.74, 6) is -0.201. The monoisotopic (exact) mass is 309 g/mol. The molecule has 0 saturated carbocycles. The van der Waals surface area contributed by atoms with Crippen LogP contribution in [0.4, 0.5) is 0 Å². The summed E-state index contributed by atoms with van der Waals surface area (Å²) in [5.41, 5.74) is 4.96. The minimum absolute atomic E-state index is 0.201. The number of pyridine rings is 1. The van der Waals surface area contributed by atoms with Gasteiger partial charge in [-0.05, 0) is 43.5 Å². The summed E-state index contributed by atoms with van der Waals surface area (Å²) in [5, 5.41) is 5.21. The summed E-state index contributed by atoms with van der Waals surface area (Å²) >= 11 is 1.46. The molecule has 0 aliphatic rings. The van der Waals surface area contributed by atoms with Gasteiger partial charge in [-0.3, -0.25) is 9.78 Å². The summed E-state index contributed by atoms with van der Waals surface area (Å²) in [4.78, 5) is 17.2. The first kappa shape index (κ1) is 14.4. The molecular weight excluding hydrogens is 294 g/mol. The van der Waals surface area contributed by atoms with Crippen molar-refractivity contribution in [1.29, 1.82) is 0 Å². The van der Waals surface area contributed by atoms with Crippen LogP contribution in [0, 0.1) is 6.92 Å². The van der Waals surface area contributed by atoms with E-state index >= 15 is 0 Å². The van der Waals surface area contributed by atoms with E-state index < -0.39 is 0 Å². The van der Waals surface area contributed by atoms with Crippen LogP contribution in [0.25, 0.3) is 10.1 Å². The zero-order chi connectivity index (χ0) is 15.5. The Bertz CT molecular complexity index is 834. The maximum atomic E-state index is 12.2. The highest BCUT2D eigenvalue weighted by Gasteiger charge is 2.09. The number of hydrogen-bond acceptors (Lipinski definition) is 4. The van der Waals surface area contributed by atoms with Gasteiger partial charge in [0.2, 0.25) is 0 Å². The largest absolute Gasteiger partial charge is 0.281 e. The average Bonchev–Trinajstić information content (AvgIpc) is 2.96. The standard InChI is InChI=1S/C17H15N3OS/c1-11-6-5-8-14(18-11)12(2)19-20-17(21)16-10-13-7-3-4-9-15(13)22-16/h3-10H,1-2H3,(H,20,21)/b19-12+. The van der Waals surface area contributed by atoms with Gasteiger partial charge in [0.05, 0.1) is 16.3 Å². The van der Waals surface area contributed by atoms with Crippen molar-refractivity contribution in [3.63, 3.8) is 0 Å². The zero-order valence-corrected chi connectivity index (χ0v) is 13.1. The molecule has 0 spiro atoms. The molecule has 0 bridgehead atoms. The van der Waals surface area contributed by atoms with Crippen LogP contribution < -0.4 is 5.43 Å². The van der Waals surface area contributed by atoms with Crippen LogP contribution in [0.3, 0.4) is 0 Å². The number of hydrogen-bond donors (Lipinski definition) is 1. The number of aromatic nitrogens is 1. The molecule has 4 nitrogen and oxygen atoms in total. The van der Waals surface area contributed by atoms with Crippen LogP contribution >= 0.6 is 11.3 Å². The lowest BCUT2D eigenvalue weighted by Crippen LogP contribution is -2.18. The quantitative estimate of drug-likeness (QED) is 0.591. The molecule has 3 rings (SSSR count). The lowest BCUT2D eigenvalue weighted by Gasteiger charge is -2.02. The van der Waals surface area contributed by atoms with Crippen LogP contribution in [-0.4, -0.2) is 16.6 Å². The topological polar surface area (TPSA) is 54.4 Å². The van der Waals surface area contributed by atoms with E-state index in [1.807, 2.05) is 62.4 Å². The van der Waals surface area contributed by atoms with Gasteiger partial charge in [0.1, 0.15) is 0 Å². The van der Waals surface area contributed by atoms with Crippen LogP contribution in [0.5, 0.6) is 0 Å². The molecule has 0 aliphatic carbocycles. The highest BCUT2D eigenvalue weighted by atomic mass is 32.1. The number of nitrogens with zero attached hydrogens (tertiary/aromatic N) is 2. The molecule has 0 aliphatic heterocycles. The zero-order valence-electron chi connectivity index (χ0n) is 12.3. The molecule has 0 atom stereocenters. The van der Waals surface area contributed by atoms with Crippen LogP contribution in [-0.2, 0) is 0 Å². The Morgan fingerprint density at radius 1 is 1.18 bits per heavy atom. The van der Waals surface area contributed by atoms with E-state index in [0.717, 1.165) is 21.5 Å². The normalized spacial score (nSPS) is 11.6. The highest BCUT2D eigenvalue weighted by Crippen LogP contribution is 2.24. The summed E-state index contributed by atoms with van der Waals surface area (Å²) in [6.07, 6.45) is 0. The minimum Gasteiger partial charge on any atom is -0.266 e. The Labute approximate surface area is 132 Å². The third-order valence-corrected chi connectivity index (χ3v) is 4.35. The SMILES string of the molecule is C/C(=N\NC(=O)c1cc2ccccc2s1)c1cccc(C)n1. The molecule has 5 heteroatoms. The van der Waals surface area contributed by atoms with Gasteiger partial charge in [-0.15, -0.1) is 11.3 Å². The highest BCUT2D eigenvalue weighted by molar-refractivity contribution is 7.20. The second-order valence-corrected chi connectivity index (χ2v) is 6.03. The molecule has 2 aromatic heterocycles. The first-order valence-corrected chi connectivity index (χ1v) is 7.72. The summed E-state index contributed by atoms with van der Waals surface area (Å²) in [6, 6.07) is 15.5. The van der Waals surface area contributed by atoms with Gasteiger partial charge in [-0.1, -0.05) is 24.3 Å². The van der Waals surface area contributed by atoms with Gasteiger partial charge in [0.15, 0.2) is 0 Å². The second-order valence-electron chi connectivity index (χ2n) is 4.95. The van der Waals surface area contributed by atoms with E-state index in [2.05, 4.69) is 15.5 Å². The molecule has 110 valence electrons. The Morgan fingerprint density at radius 3 is 2.77 bits per heavy atom. The van der Waals surface area contributed by atoms with Gasteiger partial charge < -0.3 is 0 Å². The molecule has 1 aromatic carbocycles. The Balaban J connectivity index is 1.77. The predicted molar refractivity (Wildman–Crippen MR) is 90.5 cm³/mol. The molecule has 0 unspecified atom stereocenters. The fraction of sp³-hybridized carbons (Fsp3) is 0.118. The first-order valence-electron chi connectivity index (χ1n) is 6.91. The van der Waals surface area contributed by atoms with E-state index in [1.165, 1.54) is 11.3 Å². The number of hydrazone groups is 1. The van der Waals surface area contributed by atoms with Crippen molar-refractivity contribution in [2.75, 3.05) is 0 Å². The van der Waals surface area contributed by atoms with Crippen molar-refractivity contribution in [3.8, 4) is 0 Å². The molecule has 1 amide bonds. The molecule has 0 fully saturated rings. The number of fused-ring (bicyclic) bond motifs is 1. The number of rotatable bonds is 3. The predicted octanol–water partition coefficient (Wildman–Crippen LogP) is 3.76. The minimum atomic E-state index is -0.201. The number of aryl methyl sites for hydroxylation is 1. The fourth-order valence-electron chi connectivity index (χ4n) is 2.09. The van der Waals surface area contributed by atoms with E-state index in [1.54, 1.807) is 0 Å². The van der Waals surface area contributed by atoms with E-state index in [0.29, 0.717) is 10.6 Å². The summed E-state index contributed by atoms with van der Waals surface area (Å²) in [6.45, 7) is 3.75. The van der Waals surface area contributed by atoms with Gasteiger partial charge in [0, 0.05) is 10.4 Å². The first-order chi connectivity index (χ1) is 10.6. The van der Waals surface area contributed by atoms with Gasteiger partial charge in [-0.25, -0.2) is 5.43 Å². The number of amides is 1. The lowest BCUT2D eigenvalue weighted by molar-refractivity contribution is 0.0959. The average molecular weight is 309 g/mol. The molecule has 0 radical (unpaired) electrons.